The Kier molecular flexibility index (Phi) is 5.81. The van der Waals surface area contributed by atoms with Gasteiger partial charge in [0.25, 0.3) is 11.6 Å². The van der Waals surface area contributed by atoms with Crippen LogP contribution in [0.2, 0.25) is 0 Å². The van der Waals surface area contributed by atoms with Crippen LogP contribution in [0.25, 0.3) is 5.69 Å². The second-order valence-corrected chi connectivity index (χ2v) is 7.13. The van der Waals surface area contributed by atoms with Gasteiger partial charge in [0.05, 0.1) is 16.7 Å². The molecule has 1 aromatic heterocycles. The molecule has 0 aliphatic rings. The van der Waals surface area contributed by atoms with Crippen LogP contribution in [-0.2, 0) is 0 Å². The van der Waals surface area contributed by atoms with Crippen molar-refractivity contribution in [2.75, 3.05) is 0 Å². The van der Waals surface area contributed by atoms with E-state index in [0.717, 1.165) is 17.7 Å². The van der Waals surface area contributed by atoms with Gasteiger partial charge in [0.1, 0.15) is 0 Å². The molecular formula is C21H21FN4O4. The fourth-order valence-electron chi connectivity index (χ4n) is 2.80. The van der Waals surface area contributed by atoms with Gasteiger partial charge in [-0.2, -0.15) is 9.78 Å². The maximum atomic E-state index is 14.4. The first-order valence-electron chi connectivity index (χ1n) is 9.26. The van der Waals surface area contributed by atoms with E-state index in [1.165, 1.54) is 10.7 Å². The third kappa shape index (κ3) is 4.29. The number of hydrogen-bond acceptors (Lipinski definition) is 5. The van der Waals surface area contributed by atoms with Crippen LogP contribution in [0.1, 0.15) is 35.5 Å². The normalized spacial score (nSPS) is 10.9. The number of aryl methyl sites for hydroxylation is 1. The molecule has 0 spiro atoms. The molecule has 9 heteroatoms. The fourth-order valence-corrected chi connectivity index (χ4v) is 2.80. The molecule has 0 saturated carbocycles. The van der Waals surface area contributed by atoms with Gasteiger partial charge in [-0.15, -0.1) is 0 Å². The Labute approximate surface area is 172 Å². The van der Waals surface area contributed by atoms with Crippen LogP contribution in [0.3, 0.4) is 0 Å². The summed E-state index contributed by atoms with van der Waals surface area (Å²) in [6, 6.07) is 10.3. The number of halogens is 1. The van der Waals surface area contributed by atoms with Crippen LogP contribution in [-0.4, -0.2) is 26.7 Å². The van der Waals surface area contributed by atoms with Crippen LogP contribution >= 0.6 is 0 Å². The molecule has 0 aliphatic carbocycles. The fraction of sp³-hybridized carbons (Fsp3) is 0.238. The van der Waals surface area contributed by atoms with Crippen molar-refractivity contribution in [2.45, 2.75) is 33.7 Å². The molecule has 8 nitrogen and oxygen atoms in total. The van der Waals surface area contributed by atoms with Gasteiger partial charge in [-0.3, -0.25) is 14.9 Å². The number of rotatable bonds is 6. The number of aromatic nitrogens is 2. The zero-order chi connectivity index (χ0) is 22.0. The van der Waals surface area contributed by atoms with Gasteiger partial charge in [-0.1, -0.05) is 17.7 Å². The maximum absolute atomic E-state index is 14.4. The zero-order valence-electron chi connectivity index (χ0n) is 17.0. The second-order valence-electron chi connectivity index (χ2n) is 7.13. The number of nitrogens with zero attached hydrogens (tertiary/aromatic N) is 3. The molecule has 0 bridgehead atoms. The molecule has 3 aromatic rings. The molecule has 1 amide bonds. The van der Waals surface area contributed by atoms with Gasteiger partial charge in [0.15, 0.2) is 17.3 Å². The highest BCUT2D eigenvalue weighted by Gasteiger charge is 2.24. The minimum Gasteiger partial charge on any atom is -0.436 e. The first-order chi connectivity index (χ1) is 14.2. The van der Waals surface area contributed by atoms with Crippen LogP contribution in [0.5, 0.6) is 11.6 Å². The van der Waals surface area contributed by atoms with E-state index in [1.54, 1.807) is 19.1 Å². The number of carbonyl (C=O) groups is 1. The van der Waals surface area contributed by atoms with E-state index in [-0.39, 0.29) is 35.0 Å². The van der Waals surface area contributed by atoms with Crippen molar-refractivity contribution in [1.29, 1.82) is 0 Å². The molecule has 1 N–H and O–H groups in total. The summed E-state index contributed by atoms with van der Waals surface area (Å²) in [5.41, 5.74) is 1.81. The molecule has 0 unspecified atom stereocenters. The Hall–Kier alpha value is -3.75. The highest BCUT2D eigenvalue weighted by molar-refractivity contribution is 5.94. The minimum absolute atomic E-state index is 0.0992. The molecule has 156 valence electrons. The number of benzene rings is 2. The van der Waals surface area contributed by atoms with Crippen molar-refractivity contribution >= 4 is 11.6 Å². The van der Waals surface area contributed by atoms with Crippen molar-refractivity contribution in [2.24, 2.45) is 0 Å². The van der Waals surface area contributed by atoms with Crippen molar-refractivity contribution in [3.05, 3.63) is 75.2 Å². The molecule has 0 atom stereocenters. The standard InChI is InChI=1S/C21H21FN4O4/c1-12(2)23-20(27)19-14(4)21(25(24-19)15-7-5-13(3)6-8-15)30-18-10-9-16(26(28)29)11-17(18)22/h5-12H,1-4H3,(H,23,27). The molecular weight excluding hydrogens is 391 g/mol. The molecule has 0 fully saturated rings. The summed E-state index contributed by atoms with van der Waals surface area (Å²) in [7, 11) is 0. The van der Waals surface area contributed by atoms with Gasteiger partial charge in [-0.05, 0) is 45.9 Å². The Morgan fingerprint density at radius 1 is 1.20 bits per heavy atom. The van der Waals surface area contributed by atoms with E-state index in [4.69, 9.17) is 4.74 Å². The van der Waals surface area contributed by atoms with Crippen molar-refractivity contribution in [1.82, 2.24) is 15.1 Å². The third-order valence-electron chi connectivity index (χ3n) is 4.31. The van der Waals surface area contributed by atoms with E-state index in [2.05, 4.69) is 10.4 Å². The average molecular weight is 412 g/mol. The summed E-state index contributed by atoms with van der Waals surface area (Å²) >= 11 is 0. The Morgan fingerprint density at radius 3 is 2.43 bits per heavy atom. The summed E-state index contributed by atoms with van der Waals surface area (Å²) in [6.07, 6.45) is 0. The first-order valence-corrected chi connectivity index (χ1v) is 9.26. The number of amides is 1. The summed E-state index contributed by atoms with van der Waals surface area (Å²) < 4.78 is 21.6. The minimum atomic E-state index is -0.895. The quantitative estimate of drug-likeness (QED) is 0.476. The van der Waals surface area contributed by atoms with Gasteiger partial charge >= 0.3 is 0 Å². The zero-order valence-corrected chi connectivity index (χ0v) is 17.0. The number of non-ortho nitro benzene ring substituents is 1. The smallest absolute Gasteiger partial charge is 0.272 e. The average Bonchev–Trinajstić information content (AvgIpc) is 3.00. The Morgan fingerprint density at radius 2 is 1.87 bits per heavy atom. The van der Waals surface area contributed by atoms with Crippen LogP contribution in [0.4, 0.5) is 10.1 Å². The van der Waals surface area contributed by atoms with Crippen molar-refractivity contribution in [3.8, 4) is 17.3 Å². The number of carbonyl (C=O) groups excluding carboxylic acids is 1. The van der Waals surface area contributed by atoms with Gasteiger partial charge in [0, 0.05) is 17.7 Å². The predicted octanol–water partition coefficient (Wildman–Crippen LogP) is 4.47. The van der Waals surface area contributed by atoms with Crippen molar-refractivity contribution in [3.63, 3.8) is 0 Å². The highest BCUT2D eigenvalue weighted by Crippen LogP contribution is 2.33. The maximum Gasteiger partial charge on any atom is 0.272 e. The number of nitro groups is 1. The summed E-state index contributed by atoms with van der Waals surface area (Å²) in [5, 5.41) is 18.0. The lowest BCUT2D eigenvalue weighted by molar-refractivity contribution is -0.385. The topological polar surface area (TPSA) is 99.3 Å². The van der Waals surface area contributed by atoms with E-state index in [1.807, 2.05) is 32.9 Å². The molecule has 1 heterocycles. The molecule has 30 heavy (non-hydrogen) atoms. The van der Waals surface area contributed by atoms with Gasteiger partial charge in [0.2, 0.25) is 5.88 Å². The largest absolute Gasteiger partial charge is 0.436 e. The number of nitro benzene ring substituents is 1. The first kappa shape index (κ1) is 21.0. The summed E-state index contributed by atoms with van der Waals surface area (Å²) in [5.74, 6) is -1.36. The SMILES string of the molecule is Cc1ccc(-n2nc(C(=O)NC(C)C)c(C)c2Oc2ccc([N+](=O)[O-])cc2F)cc1. The van der Waals surface area contributed by atoms with Crippen LogP contribution < -0.4 is 10.1 Å². The van der Waals surface area contributed by atoms with E-state index in [0.29, 0.717) is 11.3 Å². The number of nitrogens with one attached hydrogen (secondary N) is 1. The van der Waals surface area contributed by atoms with E-state index in [9.17, 15) is 19.3 Å². The third-order valence-corrected chi connectivity index (χ3v) is 4.31. The Bertz CT molecular complexity index is 1110. The second kappa shape index (κ2) is 8.32. The molecule has 2 aromatic carbocycles. The predicted molar refractivity (Wildman–Crippen MR) is 109 cm³/mol. The number of ether oxygens (including phenoxy) is 1. The van der Waals surface area contributed by atoms with Crippen molar-refractivity contribution < 1.29 is 18.8 Å². The van der Waals surface area contributed by atoms with Gasteiger partial charge < -0.3 is 10.1 Å². The lowest BCUT2D eigenvalue weighted by Crippen LogP contribution is -2.30. The van der Waals surface area contributed by atoms with Crippen LogP contribution in [0.15, 0.2) is 42.5 Å². The Balaban J connectivity index is 2.09. The van der Waals surface area contributed by atoms with Gasteiger partial charge in [-0.25, -0.2) is 4.39 Å². The summed E-state index contributed by atoms with van der Waals surface area (Å²) in [4.78, 5) is 22.7. The van der Waals surface area contributed by atoms with E-state index < -0.39 is 10.7 Å². The lowest BCUT2D eigenvalue weighted by Gasteiger charge is -2.11. The number of hydrogen-bond donors (Lipinski definition) is 1. The summed E-state index contributed by atoms with van der Waals surface area (Å²) in [6.45, 7) is 7.23. The highest BCUT2D eigenvalue weighted by atomic mass is 19.1. The molecule has 0 aliphatic heterocycles. The molecule has 0 saturated heterocycles. The lowest BCUT2D eigenvalue weighted by atomic mass is 10.2. The van der Waals surface area contributed by atoms with E-state index >= 15 is 0 Å². The molecule has 3 rings (SSSR count). The van der Waals surface area contributed by atoms with Crippen LogP contribution in [0, 0.1) is 29.8 Å². The molecule has 0 radical (unpaired) electrons. The monoisotopic (exact) mass is 412 g/mol.